The van der Waals surface area contributed by atoms with Crippen LogP contribution in [-0.2, 0) is 16.0 Å². The van der Waals surface area contributed by atoms with Crippen LogP contribution in [0.25, 0.3) is 0 Å². The Morgan fingerprint density at radius 2 is 1.78 bits per heavy atom. The molecule has 0 aromatic heterocycles. The van der Waals surface area contributed by atoms with Crippen molar-refractivity contribution in [2.24, 2.45) is 4.99 Å². The van der Waals surface area contributed by atoms with Crippen molar-refractivity contribution in [3.05, 3.63) is 35.6 Å². The van der Waals surface area contributed by atoms with Gasteiger partial charge in [0.25, 0.3) is 0 Å². The monoisotopic (exact) mass is 379 g/mol. The minimum atomic E-state index is -0.357. The summed E-state index contributed by atoms with van der Waals surface area (Å²) >= 11 is 0. The summed E-state index contributed by atoms with van der Waals surface area (Å²) in [4.78, 5) is 27.9. The lowest BCUT2D eigenvalue weighted by molar-refractivity contribution is -0.121. The second-order valence-electron chi connectivity index (χ2n) is 7.08. The van der Waals surface area contributed by atoms with Gasteiger partial charge in [-0.2, -0.15) is 0 Å². The van der Waals surface area contributed by atoms with E-state index in [4.69, 9.17) is 0 Å². The largest absolute Gasteiger partial charge is 0.357 e. The standard InChI is InChI=1S/C19H30FN5O2/c1-5-21-18(24-13-17(27)25-19(2,3)4)23-10-9-22-16(26)12-14-7-6-8-15(20)11-14/h6-8,11H,5,9-10,12-13H2,1-4H3,(H,22,26)(H,25,27)(H2,21,23,24). The number of amides is 2. The summed E-state index contributed by atoms with van der Waals surface area (Å²) in [6.07, 6.45) is 0.124. The first kappa shape index (κ1) is 22.4. The number of rotatable bonds is 8. The highest BCUT2D eigenvalue weighted by molar-refractivity contribution is 5.85. The fourth-order valence-electron chi connectivity index (χ4n) is 2.23. The summed E-state index contributed by atoms with van der Waals surface area (Å²) in [7, 11) is 0. The summed E-state index contributed by atoms with van der Waals surface area (Å²) in [5.74, 6) is -0.207. The number of nitrogens with one attached hydrogen (secondary N) is 4. The third-order valence-electron chi connectivity index (χ3n) is 3.23. The van der Waals surface area contributed by atoms with Crippen molar-refractivity contribution < 1.29 is 14.0 Å². The van der Waals surface area contributed by atoms with E-state index in [1.54, 1.807) is 12.1 Å². The molecule has 4 N–H and O–H groups in total. The molecule has 27 heavy (non-hydrogen) atoms. The molecule has 2 amide bonds. The highest BCUT2D eigenvalue weighted by Crippen LogP contribution is 2.03. The molecule has 1 aromatic rings. The zero-order chi connectivity index (χ0) is 20.3. The lowest BCUT2D eigenvalue weighted by atomic mass is 10.1. The van der Waals surface area contributed by atoms with Crippen LogP contribution in [0.1, 0.15) is 33.3 Å². The lowest BCUT2D eigenvalue weighted by Gasteiger charge is -2.20. The molecule has 0 radical (unpaired) electrons. The highest BCUT2D eigenvalue weighted by Gasteiger charge is 2.13. The predicted octanol–water partition coefficient (Wildman–Crippen LogP) is 0.954. The van der Waals surface area contributed by atoms with Gasteiger partial charge in [0.2, 0.25) is 11.8 Å². The van der Waals surface area contributed by atoms with Crippen LogP contribution >= 0.6 is 0 Å². The molecule has 0 spiro atoms. The van der Waals surface area contributed by atoms with Gasteiger partial charge < -0.3 is 21.3 Å². The Bertz CT molecular complexity index is 656. The Hall–Kier alpha value is -2.64. The van der Waals surface area contributed by atoms with E-state index in [1.807, 2.05) is 27.7 Å². The van der Waals surface area contributed by atoms with Gasteiger partial charge in [0.15, 0.2) is 5.96 Å². The molecule has 0 unspecified atom stereocenters. The Balaban J connectivity index is 2.36. The second-order valence-corrected chi connectivity index (χ2v) is 7.08. The zero-order valence-electron chi connectivity index (χ0n) is 16.5. The van der Waals surface area contributed by atoms with Crippen LogP contribution in [0.2, 0.25) is 0 Å². The zero-order valence-corrected chi connectivity index (χ0v) is 16.5. The third-order valence-corrected chi connectivity index (χ3v) is 3.23. The molecule has 0 atom stereocenters. The minimum absolute atomic E-state index is 0.0124. The molecule has 0 aliphatic carbocycles. The Labute approximate surface area is 160 Å². The van der Waals surface area contributed by atoms with E-state index in [1.165, 1.54) is 12.1 Å². The van der Waals surface area contributed by atoms with Gasteiger partial charge in [-0.1, -0.05) is 12.1 Å². The van der Waals surface area contributed by atoms with Crippen LogP contribution in [0.4, 0.5) is 4.39 Å². The molecule has 150 valence electrons. The van der Waals surface area contributed by atoms with E-state index < -0.39 is 0 Å². The van der Waals surface area contributed by atoms with Crippen LogP contribution in [0, 0.1) is 5.82 Å². The smallest absolute Gasteiger partial charge is 0.242 e. The Kier molecular flexibility index (Phi) is 9.25. The number of aliphatic imine (C=N–C) groups is 1. The summed E-state index contributed by atoms with van der Waals surface area (Å²) < 4.78 is 13.1. The molecule has 0 heterocycles. The van der Waals surface area contributed by atoms with Crippen LogP contribution in [0.15, 0.2) is 29.3 Å². The number of hydrogen-bond donors (Lipinski definition) is 4. The predicted molar refractivity (Wildman–Crippen MR) is 105 cm³/mol. The maximum absolute atomic E-state index is 13.1. The average molecular weight is 379 g/mol. The lowest BCUT2D eigenvalue weighted by Crippen LogP contribution is -2.44. The Morgan fingerprint density at radius 3 is 2.41 bits per heavy atom. The molecule has 0 aliphatic rings. The maximum Gasteiger partial charge on any atom is 0.242 e. The number of benzene rings is 1. The number of guanidine groups is 1. The SMILES string of the molecule is CCNC(=NCC(=O)NC(C)(C)C)NCCNC(=O)Cc1cccc(F)c1. The highest BCUT2D eigenvalue weighted by atomic mass is 19.1. The molecule has 8 heteroatoms. The van der Waals surface area contributed by atoms with Crippen molar-refractivity contribution in [3.8, 4) is 0 Å². The molecule has 1 rings (SSSR count). The Morgan fingerprint density at radius 1 is 1.07 bits per heavy atom. The molecular weight excluding hydrogens is 349 g/mol. The fraction of sp³-hybridized carbons (Fsp3) is 0.526. The first-order chi connectivity index (χ1) is 12.7. The molecule has 0 aliphatic heterocycles. The van der Waals surface area contributed by atoms with E-state index in [0.29, 0.717) is 31.2 Å². The van der Waals surface area contributed by atoms with E-state index in [2.05, 4.69) is 26.3 Å². The number of nitrogens with zero attached hydrogens (tertiary/aromatic N) is 1. The van der Waals surface area contributed by atoms with Crippen molar-refractivity contribution in [2.45, 2.75) is 39.7 Å². The van der Waals surface area contributed by atoms with Crippen molar-refractivity contribution in [1.82, 2.24) is 21.3 Å². The summed E-state index contributed by atoms with van der Waals surface area (Å²) in [5.41, 5.74) is 0.324. The van der Waals surface area contributed by atoms with Crippen LogP contribution in [0.5, 0.6) is 0 Å². The van der Waals surface area contributed by atoms with Gasteiger partial charge in [-0.25, -0.2) is 9.38 Å². The molecule has 7 nitrogen and oxygen atoms in total. The van der Waals surface area contributed by atoms with Crippen molar-refractivity contribution in [1.29, 1.82) is 0 Å². The fourth-order valence-corrected chi connectivity index (χ4v) is 2.23. The van der Waals surface area contributed by atoms with Gasteiger partial charge >= 0.3 is 0 Å². The van der Waals surface area contributed by atoms with Crippen molar-refractivity contribution in [3.63, 3.8) is 0 Å². The maximum atomic E-state index is 13.1. The van der Waals surface area contributed by atoms with E-state index in [9.17, 15) is 14.0 Å². The second kappa shape index (κ2) is 11.2. The summed E-state index contributed by atoms with van der Waals surface area (Å²) in [6, 6.07) is 5.97. The molecular formula is C19H30FN5O2. The number of carbonyl (C=O) groups excluding carboxylic acids is 2. The molecule has 0 fully saturated rings. The summed E-state index contributed by atoms with van der Waals surface area (Å²) in [5, 5.41) is 11.7. The van der Waals surface area contributed by atoms with Crippen LogP contribution in [-0.4, -0.2) is 49.5 Å². The van der Waals surface area contributed by atoms with Crippen molar-refractivity contribution in [2.75, 3.05) is 26.2 Å². The topological polar surface area (TPSA) is 94.6 Å². The number of carbonyl (C=O) groups is 2. The quantitative estimate of drug-likeness (QED) is 0.307. The molecule has 0 bridgehead atoms. The van der Waals surface area contributed by atoms with E-state index in [0.717, 1.165) is 0 Å². The van der Waals surface area contributed by atoms with Gasteiger partial charge in [-0.15, -0.1) is 0 Å². The summed E-state index contributed by atoms with van der Waals surface area (Å²) in [6.45, 7) is 9.14. The van der Waals surface area contributed by atoms with Gasteiger partial charge in [0.05, 0.1) is 6.42 Å². The number of halogens is 1. The van der Waals surface area contributed by atoms with Gasteiger partial charge in [0.1, 0.15) is 12.4 Å². The third kappa shape index (κ3) is 10.8. The minimum Gasteiger partial charge on any atom is -0.357 e. The molecule has 0 saturated heterocycles. The van der Waals surface area contributed by atoms with E-state index >= 15 is 0 Å². The van der Waals surface area contributed by atoms with Crippen LogP contribution in [0.3, 0.4) is 0 Å². The van der Waals surface area contributed by atoms with Gasteiger partial charge in [-0.05, 0) is 45.4 Å². The van der Waals surface area contributed by atoms with Gasteiger partial charge in [-0.3, -0.25) is 9.59 Å². The van der Waals surface area contributed by atoms with E-state index in [-0.39, 0.29) is 36.1 Å². The average Bonchev–Trinajstić information content (AvgIpc) is 2.55. The molecule has 0 saturated carbocycles. The first-order valence-corrected chi connectivity index (χ1v) is 9.04. The molecule has 1 aromatic carbocycles. The van der Waals surface area contributed by atoms with Crippen LogP contribution < -0.4 is 21.3 Å². The van der Waals surface area contributed by atoms with Gasteiger partial charge in [0, 0.05) is 25.2 Å². The first-order valence-electron chi connectivity index (χ1n) is 9.04. The number of hydrogen-bond acceptors (Lipinski definition) is 3. The normalized spacial score (nSPS) is 11.7. The van der Waals surface area contributed by atoms with Crippen molar-refractivity contribution >= 4 is 17.8 Å².